The van der Waals surface area contributed by atoms with Gasteiger partial charge in [-0.15, -0.1) is 11.3 Å². The van der Waals surface area contributed by atoms with Crippen molar-refractivity contribution in [3.63, 3.8) is 0 Å². The quantitative estimate of drug-likeness (QED) is 0.316. The molecule has 4 aromatic rings. The molecular formula is C24H18INOS. The smallest absolute Gasteiger partial charge is 0.165 e. The molecule has 1 aliphatic heterocycles. The van der Waals surface area contributed by atoms with Crippen LogP contribution in [0.5, 0.6) is 0 Å². The molecule has 1 aromatic heterocycles. The van der Waals surface area contributed by atoms with Crippen molar-refractivity contribution in [3.8, 4) is 0 Å². The molecule has 0 amide bonds. The number of hydrogen-bond donors (Lipinski definition) is 1. The third kappa shape index (κ3) is 2.96. The lowest BCUT2D eigenvalue weighted by Crippen LogP contribution is -2.40. The van der Waals surface area contributed by atoms with E-state index in [4.69, 9.17) is 4.74 Å². The summed E-state index contributed by atoms with van der Waals surface area (Å²) in [5.74, 6) is 0. The second-order valence-electron chi connectivity index (χ2n) is 6.74. The van der Waals surface area contributed by atoms with Crippen LogP contribution in [0.3, 0.4) is 0 Å². The van der Waals surface area contributed by atoms with Crippen LogP contribution in [0.4, 0.5) is 5.69 Å². The number of thiophene rings is 1. The van der Waals surface area contributed by atoms with Gasteiger partial charge in [0.15, 0.2) is 6.23 Å². The minimum absolute atomic E-state index is 0.219. The Morgan fingerprint density at radius 1 is 0.750 bits per heavy atom. The molecule has 4 heteroatoms. The molecule has 0 radical (unpaired) electrons. The van der Waals surface area contributed by atoms with E-state index in [9.17, 15) is 0 Å². The van der Waals surface area contributed by atoms with Crippen molar-refractivity contribution in [2.24, 2.45) is 0 Å². The first-order valence-corrected chi connectivity index (χ1v) is 11.1. The molecule has 0 saturated heterocycles. The Hall–Kier alpha value is -2.15. The highest BCUT2D eigenvalue weighted by Crippen LogP contribution is 2.50. The number of benzene rings is 3. The first kappa shape index (κ1) is 17.9. The zero-order valence-electron chi connectivity index (χ0n) is 15.0. The fraction of sp³-hybridized carbons (Fsp3) is 0.0833. The summed E-state index contributed by atoms with van der Waals surface area (Å²) in [5, 5.41) is 3.61. The van der Waals surface area contributed by atoms with Gasteiger partial charge in [0, 0.05) is 11.3 Å². The van der Waals surface area contributed by atoms with Crippen LogP contribution in [-0.4, -0.2) is 0 Å². The third-order valence-corrected chi connectivity index (χ3v) is 7.04. The topological polar surface area (TPSA) is 21.3 Å². The summed E-state index contributed by atoms with van der Waals surface area (Å²) in [5.41, 5.74) is 3.83. The van der Waals surface area contributed by atoms with Crippen LogP contribution in [0.15, 0.2) is 97.1 Å². The summed E-state index contributed by atoms with van der Waals surface area (Å²) in [6, 6.07) is 33.8. The first-order chi connectivity index (χ1) is 13.8. The Bertz CT molecular complexity index is 1050. The molecule has 1 unspecified atom stereocenters. The standard InChI is InChI=1S/C24H18INOS/c25-22-16-15-21(28-22)23-26-20-14-8-7-13-19(20)24(27-23,17-9-3-1-4-10-17)18-11-5-2-6-12-18/h1-16,23,26H. The molecule has 0 bridgehead atoms. The van der Waals surface area contributed by atoms with Gasteiger partial charge in [-0.05, 0) is 51.9 Å². The fourth-order valence-electron chi connectivity index (χ4n) is 3.88. The molecule has 0 fully saturated rings. The van der Waals surface area contributed by atoms with Gasteiger partial charge in [0.05, 0.1) is 7.76 Å². The molecule has 138 valence electrons. The molecule has 0 spiro atoms. The molecule has 28 heavy (non-hydrogen) atoms. The second-order valence-corrected chi connectivity index (χ2v) is 9.75. The van der Waals surface area contributed by atoms with Gasteiger partial charge in [0.2, 0.25) is 0 Å². The Morgan fingerprint density at radius 2 is 1.36 bits per heavy atom. The predicted octanol–water partition coefficient (Wildman–Crippen LogP) is 6.79. The van der Waals surface area contributed by atoms with Crippen molar-refractivity contribution < 1.29 is 4.74 Å². The Labute approximate surface area is 182 Å². The van der Waals surface area contributed by atoms with Gasteiger partial charge < -0.3 is 10.1 Å². The average molecular weight is 495 g/mol. The van der Waals surface area contributed by atoms with Gasteiger partial charge in [-0.3, -0.25) is 0 Å². The van der Waals surface area contributed by atoms with Crippen molar-refractivity contribution in [2.75, 3.05) is 5.32 Å². The second kappa shape index (κ2) is 7.35. The van der Waals surface area contributed by atoms with Crippen molar-refractivity contribution in [3.05, 3.63) is 122 Å². The Morgan fingerprint density at radius 3 is 1.96 bits per heavy atom. The number of nitrogens with one attached hydrogen (secondary N) is 1. The van der Waals surface area contributed by atoms with Gasteiger partial charge in [0.25, 0.3) is 0 Å². The van der Waals surface area contributed by atoms with E-state index in [1.807, 2.05) is 12.1 Å². The van der Waals surface area contributed by atoms with E-state index in [2.05, 4.69) is 113 Å². The molecule has 5 rings (SSSR count). The lowest BCUT2D eigenvalue weighted by atomic mass is 9.78. The zero-order chi connectivity index (χ0) is 19.0. The lowest BCUT2D eigenvalue weighted by Gasteiger charge is -2.44. The maximum absolute atomic E-state index is 6.97. The third-order valence-electron chi connectivity index (χ3n) is 5.10. The summed E-state index contributed by atoms with van der Waals surface area (Å²) >= 11 is 4.12. The minimum Gasteiger partial charge on any atom is -0.355 e. The number of para-hydroxylation sites is 1. The number of anilines is 1. The Kier molecular flexibility index (Phi) is 4.70. The summed E-state index contributed by atoms with van der Waals surface area (Å²) in [7, 11) is 0. The SMILES string of the molecule is Ic1ccc(C2Nc3ccccc3C(c3ccccc3)(c3ccccc3)O2)s1. The van der Waals surface area contributed by atoms with E-state index in [1.54, 1.807) is 11.3 Å². The monoisotopic (exact) mass is 495 g/mol. The van der Waals surface area contributed by atoms with Crippen LogP contribution in [0, 0.1) is 2.88 Å². The molecule has 1 atom stereocenters. The maximum atomic E-state index is 6.97. The number of ether oxygens (including phenoxy) is 1. The predicted molar refractivity (Wildman–Crippen MR) is 124 cm³/mol. The number of hydrogen-bond acceptors (Lipinski definition) is 3. The van der Waals surface area contributed by atoms with Gasteiger partial charge in [-0.25, -0.2) is 0 Å². The van der Waals surface area contributed by atoms with E-state index in [-0.39, 0.29) is 6.23 Å². The van der Waals surface area contributed by atoms with Gasteiger partial charge in [-0.1, -0.05) is 78.9 Å². The van der Waals surface area contributed by atoms with Crippen molar-refractivity contribution in [1.29, 1.82) is 0 Å². The van der Waals surface area contributed by atoms with Gasteiger partial charge in [0.1, 0.15) is 5.60 Å². The molecule has 0 aliphatic carbocycles. The highest BCUT2D eigenvalue weighted by atomic mass is 127. The van der Waals surface area contributed by atoms with Crippen LogP contribution in [0.25, 0.3) is 0 Å². The number of rotatable bonds is 3. The Balaban J connectivity index is 1.78. The van der Waals surface area contributed by atoms with Crippen LogP contribution >= 0.6 is 33.9 Å². The minimum atomic E-state index is -0.676. The molecule has 0 saturated carbocycles. The van der Waals surface area contributed by atoms with E-state index >= 15 is 0 Å². The van der Waals surface area contributed by atoms with Crippen LogP contribution in [0.1, 0.15) is 27.8 Å². The number of halogens is 1. The average Bonchev–Trinajstić information content (AvgIpc) is 3.20. The lowest BCUT2D eigenvalue weighted by molar-refractivity contribution is -0.0416. The molecule has 1 N–H and O–H groups in total. The van der Waals surface area contributed by atoms with Crippen molar-refractivity contribution in [1.82, 2.24) is 0 Å². The van der Waals surface area contributed by atoms with Crippen LogP contribution in [0.2, 0.25) is 0 Å². The normalized spacial score (nSPS) is 17.5. The summed E-state index contributed by atoms with van der Waals surface area (Å²) in [6.07, 6.45) is -0.219. The van der Waals surface area contributed by atoms with E-state index < -0.39 is 5.60 Å². The molecule has 3 aromatic carbocycles. The van der Waals surface area contributed by atoms with Gasteiger partial charge in [-0.2, -0.15) is 0 Å². The molecule has 1 aliphatic rings. The summed E-state index contributed by atoms with van der Waals surface area (Å²) in [4.78, 5) is 1.18. The molecular weight excluding hydrogens is 477 g/mol. The maximum Gasteiger partial charge on any atom is 0.165 e. The highest BCUT2D eigenvalue weighted by molar-refractivity contribution is 14.1. The van der Waals surface area contributed by atoms with E-state index in [0.717, 1.165) is 22.4 Å². The molecule has 2 nitrogen and oxygen atoms in total. The first-order valence-electron chi connectivity index (χ1n) is 9.17. The fourth-order valence-corrected chi connectivity index (χ4v) is 5.54. The largest absolute Gasteiger partial charge is 0.355 e. The summed E-state index contributed by atoms with van der Waals surface area (Å²) in [6.45, 7) is 0. The summed E-state index contributed by atoms with van der Waals surface area (Å²) < 4.78 is 8.22. The van der Waals surface area contributed by atoms with Crippen molar-refractivity contribution in [2.45, 2.75) is 11.8 Å². The van der Waals surface area contributed by atoms with Gasteiger partial charge >= 0.3 is 0 Å². The molecule has 2 heterocycles. The zero-order valence-corrected chi connectivity index (χ0v) is 18.0. The number of fused-ring (bicyclic) bond motifs is 1. The van der Waals surface area contributed by atoms with Crippen LogP contribution < -0.4 is 5.32 Å². The van der Waals surface area contributed by atoms with Crippen LogP contribution in [-0.2, 0) is 10.3 Å². The van der Waals surface area contributed by atoms with E-state index in [1.165, 1.54) is 7.76 Å². The highest BCUT2D eigenvalue weighted by Gasteiger charge is 2.45. The van der Waals surface area contributed by atoms with E-state index in [0.29, 0.717) is 0 Å². The van der Waals surface area contributed by atoms with Crippen molar-refractivity contribution >= 4 is 39.6 Å².